The molecule has 0 fully saturated rings. The molecule has 0 aromatic rings. The number of guanidine groups is 1. The third-order valence-electron chi connectivity index (χ3n) is 1.04. The molecule has 58 valence electrons. The van der Waals surface area contributed by atoms with Crippen molar-refractivity contribution in [3.05, 3.63) is 0 Å². The van der Waals surface area contributed by atoms with Crippen LogP contribution < -0.4 is 5.32 Å². The fourth-order valence-electron chi connectivity index (χ4n) is 0.711. The topological polar surface area (TPSA) is 35.4 Å². The van der Waals surface area contributed by atoms with Crippen molar-refractivity contribution < 1.29 is 9.37 Å². The lowest BCUT2D eigenvalue weighted by Gasteiger charge is -2.08. The largest absolute Gasteiger partial charge is 0.354 e. The lowest BCUT2D eigenvalue weighted by molar-refractivity contribution is -0.471. The van der Waals surface area contributed by atoms with Crippen molar-refractivity contribution in [1.29, 1.82) is 0 Å². The summed E-state index contributed by atoms with van der Waals surface area (Å²) in [7, 11) is 7.47. The molecular formula is C6H14N3O+. The summed E-state index contributed by atoms with van der Waals surface area (Å²) in [5, 5.41) is 2.57. The van der Waals surface area contributed by atoms with Gasteiger partial charge in [-0.05, 0) is 0 Å². The maximum absolute atomic E-state index is 10.0. The Hall–Kier alpha value is -1.06. The first-order valence-electron chi connectivity index (χ1n) is 3.01. The average molecular weight is 144 g/mol. The van der Waals surface area contributed by atoms with Crippen LogP contribution in [0.2, 0.25) is 0 Å². The van der Waals surface area contributed by atoms with Gasteiger partial charge in [-0.15, -0.1) is 0 Å². The summed E-state index contributed by atoms with van der Waals surface area (Å²) < 4.78 is 1.83. The number of hydrogen-bond acceptors (Lipinski definition) is 1. The van der Waals surface area contributed by atoms with Gasteiger partial charge < -0.3 is 0 Å². The number of amides is 1. The molecule has 0 aliphatic heterocycles. The van der Waals surface area contributed by atoms with Gasteiger partial charge in [0.15, 0.2) is 0 Å². The molecule has 4 nitrogen and oxygen atoms in total. The Morgan fingerprint density at radius 1 is 1.50 bits per heavy atom. The smallest absolute Gasteiger partial charge is 0.270 e. The van der Waals surface area contributed by atoms with E-state index in [2.05, 4.69) is 5.32 Å². The fraction of sp³-hybridized carbons (Fsp3) is 0.667. The van der Waals surface area contributed by atoms with Crippen LogP contribution in [0.15, 0.2) is 0 Å². The van der Waals surface area contributed by atoms with Gasteiger partial charge in [0.1, 0.15) is 0 Å². The first-order valence-corrected chi connectivity index (χ1v) is 3.01. The van der Waals surface area contributed by atoms with E-state index in [1.54, 1.807) is 0 Å². The highest BCUT2D eigenvalue weighted by Gasteiger charge is 2.07. The van der Waals surface area contributed by atoms with E-state index in [4.69, 9.17) is 0 Å². The fourth-order valence-corrected chi connectivity index (χ4v) is 0.711. The zero-order valence-corrected chi connectivity index (χ0v) is 6.88. The highest BCUT2D eigenvalue weighted by molar-refractivity contribution is 5.84. The van der Waals surface area contributed by atoms with E-state index in [9.17, 15) is 4.79 Å². The number of carbonyl (C=O) groups is 1. The van der Waals surface area contributed by atoms with Crippen molar-refractivity contribution in [1.82, 2.24) is 10.2 Å². The van der Waals surface area contributed by atoms with Crippen LogP contribution in [-0.4, -0.2) is 50.0 Å². The molecule has 0 rings (SSSR count). The van der Waals surface area contributed by atoms with Gasteiger partial charge in [-0.2, -0.15) is 0 Å². The standard InChI is InChI=1S/C6H13N3O/c1-8(2)6(7-5-10)9(3)4/h5H,1-4H3/p+1. The summed E-state index contributed by atoms with van der Waals surface area (Å²) in [5.41, 5.74) is 0. The van der Waals surface area contributed by atoms with E-state index in [1.807, 2.05) is 37.7 Å². The second-order valence-electron chi connectivity index (χ2n) is 2.37. The van der Waals surface area contributed by atoms with Crippen LogP contribution in [-0.2, 0) is 4.79 Å². The highest BCUT2D eigenvalue weighted by atomic mass is 16.1. The lowest BCUT2D eigenvalue weighted by atomic mass is 10.7. The molecule has 0 saturated carbocycles. The summed E-state index contributed by atoms with van der Waals surface area (Å²) in [6.45, 7) is 0. The summed E-state index contributed by atoms with van der Waals surface area (Å²) in [6, 6.07) is 0. The molecule has 4 heteroatoms. The van der Waals surface area contributed by atoms with Crippen LogP contribution >= 0.6 is 0 Å². The molecule has 0 aromatic heterocycles. The molecule has 0 saturated heterocycles. The van der Waals surface area contributed by atoms with Gasteiger partial charge in [0.05, 0.1) is 28.2 Å². The Kier molecular flexibility index (Phi) is 3.46. The van der Waals surface area contributed by atoms with Gasteiger partial charge in [-0.3, -0.25) is 14.3 Å². The molecule has 0 aliphatic carbocycles. The van der Waals surface area contributed by atoms with Crippen LogP contribution in [0.5, 0.6) is 0 Å². The number of nitrogens with zero attached hydrogens (tertiary/aromatic N) is 2. The maximum Gasteiger partial charge on any atom is 0.354 e. The third-order valence-corrected chi connectivity index (χ3v) is 1.04. The van der Waals surface area contributed by atoms with Gasteiger partial charge in [0.2, 0.25) is 0 Å². The van der Waals surface area contributed by atoms with Crippen molar-refractivity contribution in [2.75, 3.05) is 28.2 Å². The Bertz CT molecular complexity index is 147. The number of hydrogen-bond donors (Lipinski definition) is 1. The van der Waals surface area contributed by atoms with Gasteiger partial charge in [0.25, 0.3) is 6.41 Å². The normalized spacial score (nSPS) is 8.40. The van der Waals surface area contributed by atoms with Crippen molar-refractivity contribution in [2.24, 2.45) is 0 Å². The van der Waals surface area contributed by atoms with Crippen molar-refractivity contribution in [2.45, 2.75) is 0 Å². The summed E-state index contributed by atoms with van der Waals surface area (Å²) >= 11 is 0. The van der Waals surface area contributed by atoms with Crippen molar-refractivity contribution in [3.8, 4) is 0 Å². The molecule has 0 aromatic carbocycles. The third kappa shape index (κ3) is 2.48. The predicted molar refractivity (Wildman–Crippen MR) is 40.0 cm³/mol. The average Bonchev–Trinajstić information content (AvgIpc) is 1.81. The van der Waals surface area contributed by atoms with E-state index in [0.717, 1.165) is 5.96 Å². The molecule has 0 heterocycles. The van der Waals surface area contributed by atoms with E-state index >= 15 is 0 Å². The summed E-state index contributed by atoms with van der Waals surface area (Å²) in [5.74, 6) is 0.773. The van der Waals surface area contributed by atoms with E-state index in [0.29, 0.717) is 6.41 Å². The summed E-state index contributed by atoms with van der Waals surface area (Å²) in [4.78, 5) is 11.9. The van der Waals surface area contributed by atoms with E-state index in [-0.39, 0.29) is 0 Å². The molecule has 10 heavy (non-hydrogen) atoms. The zero-order valence-electron chi connectivity index (χ0n) is 6.88. The molecule has 1 amide bonds. The van der Waals surface area contributed by atoms with Gasteiger partial charge in [-0.1, -0.05) is 0 Å². The van der Waals surface area contributed by atoms with Crippen molar-refractivity contribution in [3.63, 3.8) is 0 Å². The SMILES string of the molecule is CN(C)C(NC=O)=[N+](C)C. The van der Waals surface area contributed by atoms with Gasteiger partial charge in [0, 0.05) is 0 Å². The Balaban J connectivity index is 4.27. The minimum absolute atomic E-state index is 0.662. The van der Waals surface area contributed by atoms with E-state index < -0.39 is 0 Å². The van der Waals surface area contributed by atoms with Crippen LogP contribution in [0.1, 0.15) is 0 Å². The number of carbonyl (C=O) groups excluding carboxylic acids is 1. The van der Waals surface area contributed by atoms with E-state index in [1.165, 1.54) is 0 Å². The Morgan fingerprint density at radius 2 is 2.00 bits per heavy atom. The van der Waals surface area contributed by atoms with Crippen LogP contribution in [0.25, 0.3) is 0 Å². The maximum atomic E-state index is 10.0. The monoisotopic (exact) mass is 144 g/mol. The Morgan fingerprint density at radius 3 is 2.10 bits per heavy atom. The van der Waals surface area contributed by atoms with Gasteiger partial charge >= 0.3 is 5.96 Å². The highest BCUT2D eigenvalue weighted by Crippen LogP contribution is 1.73. The molecule has 0 radical (unpaired) electrons. The molecule has 0 bridgehead atoms. The molecule has 0 aliphatic rings. The molecule has 1 N–H and O–H groups in total. The quantitative estimate of drug-likeness (QED) is 0.220. The summed E-state index contributed by atoms with van der Waals surface area (Å²) in [6.07, 6.45) is 0.662. The van der Waals surface area contributed by atoms with Crippen LogP contribution in [0.3, 0.4) is 0 Å². The predicted octanol–water partition coefficient (Wildman–Crippen LogP) is -1.08. The second kappa shape index (κ2) is 3.87. The molecule has 0 spiro atoms. The number of rotatable bonds is 1. The lowest BCUT2D eigenvalue weighted by Crippen LogP contribution is -2.41. The number of nitrogens with one attached hydrogen (secondary N) is 1. The first-order chi connectivity index (χ1) is 4.59. The molecular weight excluding hydrogens is 130 g/mol. The van der Waals surface area contributed by atoms with Gasteiger partial charge in [-0.25, -0.2) is 5.32 Å². The molecule has 0 unspecified atom stereocenters. The van der Waals surface area contributed by atoms with Crippen LogP contribution in [0, 0.1) is 0 Å². The zero-order chi connectivity index (χ0) is 8.15. The van der Waals surface area contributed by atoms with Crippen molar-refractivity contribution >= 4 is 12.4 Å². The minimum atomic E-state index is 0.662. The Labute approximate surface area is 61.1 Å². The molecule has 0 atom stereocenters. The first kappa shape index (κ1) is 8.94. The second-order valence-corrected chi connectivity index (χ2v) is 2.37. The van der Waals surface area contributed by atoms with Crippen LogP contribution in [0.4, 0.5) is 0 Å². The minimum Gasteiger partial charge on any atom is -0.270 e.